The fourth-order valence-corrected chi connectivity index (χ4v) is 0. The van der Waals surface area contributed by atoms with Gasteiger partial charge in [-0.1, -0.05) is 6.92 Å². The van der Waals surface area contributed by atoms with Gasteiger partial charge in [0.2, 0.25) is 0 Å². The number of halogens is 1. The predicted molar refractivity (Wildman–Crippen MR) is 19.3 cm³/mol. The largest absolute Gasteiger partial charge is 1.00 e. The molecule has 0 saturated carbocycles. The fraction of sp³-hybridized carbons (Fsp3) is 1.00. The van der Waals surface area contributed by atoms with E-state index in [-0.39, 0.29) is 53.5 Å². The molecule has 0 radical (unpaired) electrons. The van der Waals surface area contributed by atoms with Crippen LogP contribution < -0.4 is 59.3 Å². The van der Waals surface area contributed by atoms with E-state index in [1.54, 1.807) is 0 Å². The third kappa shape index (κ3) is 17.3. The molecule has 0 spiro atoms. The van der Waals surface area contributed by atoms with Gasteiger partial charge in [-0.05, 0) is 13.0 Å². The molecule has 0 amide bonds. The third-order valence-corrected chi connectivity index (χ3v) is 0.289. The zero-order valence-corrected chi connectivity index (χ0v) is 8.53. The molecule has 0 saturated heterocycles. The first-order chi connectivity index (χ1) is 1.91. The summed E-state index contributed by atoms with van der Waals surface area (Å²) in [6, 6.07) is 0. The molecule has 1 nitrogen and oxygen atoms in total. The first kappa shape index (κ1) is 15.6. The average Bonchev–Trinajstić information content (AvgIpc) is 1.37. The van der Waals surface area contributed by atoms with Crippen LogP contribution in [0.1, 0.15) is 13.3 Å². The van der Waals surface area contributed by atoms with Crippen molar-refractivity contribution in [1.82, 2.24) is 0 Å². The van der Waals surface area contributed by atoms with E-state index in [9.17, 15) is 0 Å². The first-order valence-electron chi connectivity index (χ1n) is 1.62. The summed E-state index contributed by atoms with van der Waals surface area (Å²) in [5, 5.41) is 0. The Morgan fingerprint density at radius 1 is 1.50 bits per heavy atom. The maximum Gasteiger partial charge on any atom is 1.00 e. The van der Waals surface area contributed by atoms with E-state index in [1.807, 2.05) is 0 Å². The van der Waals surface area contributed by atoms with Gasteiger partial charge in [0.15, 0.2) is 0 Å². The maximum absolute atomic E-state index is 5.03. The van der Waals surface area contributed by atoms with Crippen molar-refractivity contribution in [2.75, 3.05) is 6.54 Å². The van der Waals surface area contributed by atoms with Crippen LogP contribution in [0.5, 0.6) is 0 Å². The molecule has 0 atom stereocenters. The van der Waals surface area contributed by atoms with Crippen molar-refractivity contribution in [1.29, 1.82) is 0 Å². The number of hydrogen-bond donors (Lipinski definition) is 1. The molecule has 0 aromatic rings. The van der Waals surface area contributed by atoms with Crippen molar-refractivity contribution in [3.63, 3.8) is 0 Å². The molecular formula is C3H9INNa. The summed E-state index contributed by atoms with van der Waals surface area (Å²) in [5.41, 5.74) is 5.03. The van der Waals surface area contributed by atoms with E-state index in [4.69, 9.17) is 5.73 Å². The third-order valence-electron chi connectivity index (χ3n) is 0.289. The van der Waals surface area contributed by atoms with Gasteiger partial charge in [0.25, 0.3) is 0 Å². The molecule has 0 aliphatic heterocycles. The smallest absolute Gasteiger partial charge is 1.00 e. The molecule has 0 aromatic carbocycles. The summed E-state index contributed by atoms with van der Waals surface area (Å²) in [4.78, 5) is 0. The molecule has 0 fully saturated rings. The van der Waals surface area contributed by atoms with Crippen LogP contribution in [-0.4, -0.2) is 6.54 Å². The molecule has 0 unspecified atom stereocenters. The summed E-state index contributed by atoms with van der Waals surface area (Å²) in [6.45, 7) is 2.88. The second-order valence-electron chi connectivity index (χ2n) is 0.789. The van der Waals surface area contributed by atoms with E-state index >= 15 is 0 Å². The van der Waals surface area contributed by atoms with Gasteiger partial charge in [-0.15, -0.1) is 0 Å². The van der Waals surface area contributed by atoms with Crippen LogP contribution in [0.3, 0.4) is 0 Å². The second-order valence-corrected chi connectivity index (χ2v) is 0.789. The van der Waals surface area contributed by atoms with Crippen molar-refractivity contribution in [2.24, 2.45) is 5.73 Å². The topological polar surface area (TPSA) is 26.0 Å². The van der Waals surface area contributed by atoms with Gasteiger partial charge in [0, 0.05) is 0 Å². The van der Waals surface area contributed by atoms with Crippen molar-refractivity contribution in [3.05, 3.63) is 0 Å². The van der Waals surface area contributed by atoms with Crippen molar-refractivity contribution in [3.8, 4) is 0 Å². The van der Waals surface area contributed by atoms with Crippen LogP contribution >= 0.6 is 0 Å². The van der Waals surface area contributed by atoms with E-state index in [0.717, 1.165) is 13.0 Å². The van der Waals surface area contributed by atoms with Gasteiger partial charge in [-0.3, -0.25) is 0 Å². The Morgan fingerprint density at radius 2 is 1.67 bits per heavy atom. The minimum absolute atomic E-state index is 0. The van der Waals surface area contributed by atoms with Crippen molar-refractivity contribution in [2.45, 2.75) is 13.3 Å². The van der Waals surface area contributed by atoms with Crippen LogP contribution in [0.2, 0.25) is 0 Å². The Kier molecular flexibility index (Phi) is 41.5. The van der Waals surface area contributed by atoms with Crippen molar-refractivity contribution >= 4 is 0 Å². The molecule has 0 aromatic heterocycles. The summed E-state index contributed by atoms with van der Waals surface area (Å²) in [6.07, 6.45) is 1.10. The van der Waals surface area contributed by atoms with Crippen LogP contribution in [-0.2, 0) is 0 Å². The van der Waals surface area contributed by atoms with E-state index in [1.165, 1.54) is 0 Å². The molecule has 0 bridgehead atoms. The predicted octanol–water partition coefficient (Wildman–Crippen LogP) is -5.64. The van der Waals surface area contributed by atoms with Gasteiger partial charge >= 0.3 is 29.6 Å². The Morgan fingerprint density at radius 3 is 1.67 bits per heavy atom. The zero-order chi connectivity index (χ0) is 3.41. The van der Waals surface area contributed by atoms with Gasteiger partial charge in [-0.2, -0.15) is 0 Å². The van der Waals surface area contributed by atoms with Crippen LogP contribution in [0.4, 0.5) is 0 Å². The van der Waals surface area contributed by atoms with Gasteiger partial charge in [0.05, 0.1) is 0 Å². The SMILES string of the molecule is CCCN.[I-].[Na+]. The van der Waals surface area contributed by atoms with E-state index in [2.05, 4.69) is 6.92 Å². The first-order valence-corrected chi connectivity index (χ1v) is 1.62. The molecule has 6 heavy (non-hydrogen) atoms. The molecule has 0 heterocycles. The minimum Gasteiger partial charge on any atom is -1.00 e. The van der Waals surface area contributed by atoms with Crippen molar-refractivity contribution < 1.29 is 53.5 Å². The summed E-state index contributed by atoms with van der Waals surface area (Å²) < 4.78 is 0. The van der Waals surface area contributed by atoms with E-state index in [0.29, 0.717) is 0 Å². The molecular weight excluding hydrogens is 200 g/mol. The van der Waals surface area contributed by atoms with Crippen LogP contribution in [0.15, 0.2) is 0 Å². The number of rotatable bonds is 1. The molecule has 2 N–H and O–H groups in total. The monoisotopic (exact) mass is 209 g/mol. The second kappa shape index (κ2) is 15.9. The van der Waals surface area contributed by atoms with Gasteiger partial charge in [-0.25, -0.2) is 0 Å². The summed E-state index contributed by atoms with van der Waals surface area (Å²) >= 11 is 0. The Labute approximate surface area is 78.4 Å². The number of hydrogen-bond acceptors (Lipinski definition) is 1. The molecule has 3 heteroatoms. The van der Waals surface area contributed by atoms with Crippen LogP contribution in [0.25, 0.3) is 0 Å². The molecule has 0 rings (SSSR count). The van der Waals surface area contributed by atoms with Gasteiger partial charge < -0.3 is 29.7 Å². The minimum atomic E-state index is 0. The van der Waals surface area contributed by atoms with E-state index < -0.39 is 0 Å². The molecule has 0 aliphatic rings. The quantitative estimate of drug-likeness (QED) is 0.338. The van der Waals surface area contributed by atoms with Gasteiger partial charge in [0.1, 0.15) is 0 Å². The Balaban J connectivity index is -0.0000000450. The maximum atomic E-state index is 5.03. The average molecular weight is 209 g/mol. The van der Waals surface area contributed by atoms with Crippen LogP contribution in [0, 0.1) is 0 Å². The summed E-state index contributed by atoms with van der Waals surface area (Å²) in [7, 11) is 0. The Hall–Kier alpha value is 1.69. The normalized spacial score (nSPS) is 5.00. The fourth-order valence-electron chi connectivity index (χ4n) is 0. The summed E-state index contributed by atoms with van der Waals surface area (Å²) in [5.74, 6) is 0. The Bertz CT molecular complexity index is 12.8. The molecule has 34 valence electrons. The molecule has 0 aliphatic carbocycles. The zero-order valence-electron chi connectivity index (χ0n) is 4.37. The number of nitrogens with two attached hydrogens (primary N) is 1. The standard InChI is InChI=1S/C3H9N.HI.Na/c1-2-3-4;;/h2-4H2,1H3;1H;/q;;+1/p-1.